The van der Waals surface area contributed by atoms with Gasteiger partial charge in [0.1, 0.15) is 5.00 Å². The molecule has 0 unspecified atom stereocenters. The first-order valence-electron chi connectivity index (χ1n) is 9.32. The van der Waals surface area contributed by atoms with Gasteiger partial charge in [-0.05, 0) is 37.4 Å². The number of nitrogens with zero attached hydrogens (tertiary/aromatic N) is 1. The first-order valence-corrected chi connectivity index (χ1v) is 10.1. The molecule has 0 bridgehead atoms. The summed E-state index contributed by atoms with van der Waals surface area (Å²) in [5, 5.41) is 3.57. The van der Waals surface area contributed by atoms with Crippen molar-refractivity contribution in [3.63, 3.8) is 0 Å². The van der Waals surface area contributed by atoms with E-state index in [0.29, 0.717) is 10.6 Å². The van der Waals surface area contributed by atoms with E-state index in [9.17, 15) is 9.59 Å². The highest BCUT2D eigenvalue weighted by molar-refractivity contribution is 7.17. The van der Waals surface area contributed by atoms with Crippen molar-refractivity contribution in [3.8, 4) is 0 Å². The van der Waals surface area contributed by atoms with E-state index in [-0.39, 0.29) is 30.7 Å². The van der Waals surface area contributed by atoms with Gasteiger partial charge in [0.2, 0.25) is 5.91 Å². The van der Waals surface area contributed by atoms with Gasteiger partial charge in [-0.25, -0.2) is 4.79 Å². The maximum Gasteiger partial charge on any atom is 0.341 e. The van der Waals surface area contributed by atoms with Gasteiger partial charge < -0.3 is 10.1 Å². The van der Waals surface area contributed by atoms with E-state index >= 15 is 0 Å². The number of hydrogen-bond acceptors (Lipinski definition) is 5. The number of amides is 1. The number of thiophene rings is 1. The number of anilines is 1. The lowest BCUT2D eigenvalue weighted by Gasteiger charge is -2.26. The van der Waals surface area contributed by atoms with Crippen molar-refractivity contribution in [1.82, 2.24) is 4.90 Å². The van der Waals surface area contributed by atoms with Crippen molar-refractivity contribution < 1.29 is 14.3 Å². The Morgan fingerprint density at radius 1 is 1.32 bits per heavy atom. The summed E-state index contributed by atoms with van der Waals surface area (Å²) in [7, 11) is 1.39. The second kappa shape index (κ2) is 10.0. The molecule has 7 heteroatoms. The van der Waals surface area contributed by atoms with E-state index in [1.807, 2.05) is 31.2 Å². The van der Waals surface area contributed by atoms with Crippen LogP contribution in [0.4, 0.5) is 5.00 Å². The van der Waals surface area contributed by atoms with Crippen molar-refractivity contribution in [3.05, 3.63) is 51.4 Å². The number of carbonyl (C=O) groups is 2. The van der Waals surface area contributed by atoms with Gasteiger partial charge in [0.25, 0.3) is 0 Å². The van der Waals surface area contributed by atoms with Crippen LogP contribution in [0.3, 0.4) is 0 Å². The number of carbonyl (C=O) groups excluding carboxylic acids is 2. The molecule has 1 aliphatic heterocycles. The molecule has 152 valence electrons. The predicted octanol–water partition coefficient (Wildman–Crippen LogP) is 4.21. The summed E-state index contributed by atoms with van der Waals surface area (Å²) < 4.78 is 4.99. The molecule has 1 aromatic heterocycles. The van der Waals surface area contributed by atoms with Crippen molar-refractivity contribution >= 4 is 40.6 Å². The summed E-state index contributed by atoms with van der Waals surface area (Å²) in [6.45, 7) is 6.97. The first kappa shape index (κ1) is 22.4. The van der Waals surface area contributed by atoms with Crippen molar-refractivity contribution in [2.75, 3.05) is 25.5 Å². The number of benzene rings is 1. The molecule has 1 amide bonds. The summed E-state index contributed by atoms with van der Waals surface area (Å²) in [5.74, 6) is -0.489. The fourth-order valence-electron chi connectivity index (χ4n) is 3.55. The summed E-state index contributed by atoms with van der Waals surface area (Å²) in [6, 6.07) is 7.90. The van der Waals surface area contributed by atoms with Crippen LogP contribution in [0, 0.1) is 6.92 Å². The number of fused-ring (bicyclic) bond motifs is 1. The molecule has 5 nitrogen and oxygen atoms in total. The molecule has 0 spiro atoms. The average molecular weight is 423 g/mol. The van der Waals surface area contributed by atoms with Crippen LogP contribution >= 0.6 is 23.7 Å². The number of esters is 1. The zero-order valence-electron chi connectivity index (χ0n) is 16.5. The maximum absolute atomic E-state index is 12.6. The molecular weight excluding hydrogens is 396 g/mol. The Labute approximate surface area is 176 Å². The number of rotatable bonds is 6. The highest BCUT2D eigenvalue weighted by Gasteiger charge is 2.29. The van der Waals surface area contributed by atoms with Crippen LogP contribution < -0.4 is 5.32 Å². The van der Waals surface area contributed by atoms with Crippen LogP contribution in [-0.2, 0) is 28.9 Å². The highest BCUT2D eigenvalue weighted by atomic mass is 35.5. The van der Waals surface area contributed by atoms with Gasteiger partial charge in [0.15, 0.2) is 0 Å². The normalized spacial score (nSPS) is 13.4. The van der Waals surface area contributed by atoms with Crippen LogP contribution in [0.5, 0.6) is 0 Å². The summed E-state index contributed by atoms with van der Waals surface area (Å²) in [4.78, 5) is 28.5. The molecule has 2 aromatic rings. The standard InChI is InChI=1S/C21H26N2O3S.ClH/c1-4-9-23-10-8-16-17(13-23)27-20(19(16)21(25)26-3)22-18(24)12-15-7-5-6-14(2)11-15;/h5-7,11H,4,8-10,12-13H2,1-3H3,(H,22,24);1H. The van der Waals surface area contributed by atoms with Gasteiger partial charge >= 0.3 is 5.97 Å². The van der Waals surface area contributed by atoms with E-state index < -0.39 is 0 Å². The quantitative estimate of drug-likeness (QED) is 0.708. The highest BCUT2D eigenvalue weighted by Crippen LogP contribution is 2.37. The Kier molecular flexibility index (Phi) is 8.04. The third-order valence-electron chi connectivity index (χ3n) is 4.77. The van der Waals surface area contributed by atoms with Crippen molar-refractivity contribution in [1.29, 1.82) is 0 Å². The Balaban J connectivity index is 0.00000280. The second-order valence-electron chi connectivity index (χ2n) is 6.94. The number of hydrogen-bond donors (Lipinski definition) is 1. The van der Waals surface area contributed by atoms with Crippen molar-refractivity contribution in [2.45, 2.75) is 39.7 Å². The minimum atomic E-state index is -0.373. The van der Waals surface area contributed by atoms with E-state index in [1.54, 1.807) is 0 Å². The molecule has 0 saturated carbocycles. The Hall–Kier alpha value is -1.89. The van der Waals surface area contributed by atoms with Gasteiger partial charge in [-0.15, -0.1) is 23.7 Å². The zero-order chi connectivity index (χ0) is 19.4. The molecule has 1 aromatic carbocycles. The molecule has 28 heavy (non-hydrogen) atoms. The maximum atomic E-state index is 12.6. The lowest BCUT2D eigenvalue weighted by Crippen LogP contribution is -2.30. The first-order chi connectivity index (χ1) is 13.0. The van der Waals surface area contributed by atoms with Crippen LogP contribution in [-0.4, -0.2) is 37.0 Å². The molecule has 1 aliphatic rings. The summed E-state index contributed by atoms with van der Waals surface area (Å²) in [5.41, 5.74) is 3.65. The average Bonchev–Trinajstić information content (AvgIpc) is 2.98. The van der Waals surface area contributed by atoms with Gasteiger partial charge in [-0.2, -0.15) is 0 Å². The molecule has 0 atom stereocenters. The zero-order valence-corrected chi connectivity index (χ0v) is 18.2. The monoisotopic (exact) mass is 422 g/mol. The SMILES string of the molecule is CCCN1CCc2c(sc(NC(=O)Cc3cccc(C)c3)c2C(=O)OC)C1.Cl. The largest absolute Gasteiger partial charge is 0.465 e. The van der Waals surface area contributed by atoms with Gasteiger partial charge in [0.05, 0.1) is 19.1 Å². The number of ether oxygens (including phenoxy) is 1. The fourth-order valence-corrected chi connectivity index (χ4v) is 4.84. The van der Waals surface area contributed by atoms with E-state index in [4.69, 9.17) is 4.74 Å². The minimum Gasteiger partial charge on any atom is -0.465 e. The third-order valence-corrected chi connectivity index (χ3v) is 5.90. The topological polar surface area (TPSA) is 58.6 Å². The minimum absolute atomic E-state index is 0. The number of aryl methyl sites for hydroxylation is 1. The third kappa shape index (κ3) is 5.13. The molecular formula is C21H27ClN2O3S. The molecule has 0 aliphatic carbocycles. The number of halogens is 1. The van der Waals surface area contributed by atoms with Crippen molar-refractivity contribution in [2.24, 2.45) is 0 Å². The summed E-state index contributed by atoms with van der Waals surface area (Å²) in [6.07, 6.45) is 2.20. The molecule has 3 rings (SSSR count). The smallest absolute Gasteiger partial charge is 0.341 e. The molecule has 1 N–H and O–H groups in total. The summed E-state index contributed by atoms with van der Waals surface area (Å²) >= 11 is 1.50. The molecule has 0 radical (unpaired) electrons. The number of nitrogens with one attached hydrogen (secondary N) is 1. The Morgan fingerprint density at radius 3 is 2.79 bits per heavy atom. The van der Waals surface area contributed by atoms with E-state index in [0.717, 1.165) is 54.0 Å². The van der Waals surface area contributed by atoms with Crippen LogP contribution in [0.1, 0.15) is 45.3 Å². The predicted molar refractivity (Wildman–Crippen MR) is 116 cm³/mol. The van der Waals surface area contributed by atoms with Gasteiger partial charge in [0, 0.05) is 18.0 Å². The lowest BCUT2D eigenvalue weighted by atomic mass is 10.0. The fraction of sp³-hybridized carbons (Fsp3) is 0.429. The van der Waals surface area contributed by atoms with E-state index in [2.05, 4.69) is 17.1 Å². The van der Waals surface area contributed by atoms with Gasteiger partial charge in [-0.3, -0.25) is 9.69 Å². The Morgan fingerprint density at radius 2 is 2.11 bits per heavy atom. The lowest BCUT2D eigenvalue weighted by molar-refractivity contribution is -0.115. The molecule has 0 fully saturated rings. The molecule has 2 heterocycles. The second-order valence-corrected chi connectivity index (χ2v) is 8.04. The van der Waals surface area contributed by atoms with Crippen LogP contribution in [0.15, 0.2) is 24.3 Å². The van der Waals surface area contributed by atoms with Crippen LogP contribution in [0.2, 0.25) is 0 Å². The van der Waals surface area contributed by atoms with Gasteiger partial charge in [-0.1, -0.05) is 36.8 Å². The number of methoxy groups -OCH3 is 1. The van der Waals surface area contributed by atoms with Crippen LogP contribution in [0.25, 0.3) is 0 Å². The Bertz CT molecular complexity index is 850. The van der Waals surface area contributed by atoms with E-state index in [1.165, 1.54) is 18.4 Å². The molecule has 0 saturated heterocycles.